The zero-order chi connectivity index (χ0) is 26.8. The van der Waals surface area contributed by atoms with Crippen molar-refractivity contribution in [3.8, 4) is 5.75 Å². The number of para-hydroxylation sites is 1. The third-order valence-electron chi connectivity index (χ3n) is 7.51. The van der Waals surface area contributed by atoms with E-state index < -0.39 is 0 Å². The van der Waals surface area contributed by atoms with E-state index in [0.717, 1.165) is 53.1 Å². The highest BCUT2D eigenvalue weighted by molar-refractivity contribution is 5.80. The van der Waals surface area contributed by atoms with Gasteiger partial charge in [0.05, 0.1) is 18.5 Å². The van der Waals surface area contributed by atoms with Crippen LogP contribution in [-0.4, -0.2) is 45.1 Å². The predicted octanol–water partition coefficient (Wildman–Crippen LogP) is 5.45. The molecule has 0 spiro atoms. The second-order valence-corrected chi connectivity index (χ2v) is 10.3. The quantitative estimate of drug-likeness (QED) is 0.307. The Hall–Kier alpha value is -3.71. The van der Waals surface area contributed by atoms with Gasteiger partial charge in [-0.05, 0) is 67.6 Å². The molecular formula is C31H36N4O3. The van der Waals surface area contributed by atoms with Crippen molar-refractivity contribution in [1.82, 2.24) is 19.9 Å². The first-order valence-electron chi connectivity index (χ1n) is 13.3. The van der Waals surface area contributed by atoms with E-state index in [2.05, 4.69) is 78.4 Å². The zero-order valence-corrected chi connectivity index (χ0v) is 22.9. The van der Waals surface area contributed by atoms with Gasteiger partial charge in [0.25, 0.3) is 0 Å². The SMILES string of the molecule is CCOC(=O)CC(c1ccc(C)c(CN2Cc3ccccc3OC(C)C2)c1)c1ccc2c(nnn2C)c1C. The minimum Gasteiger partial charge on any atom is -0.489 e. The smallest absolute Gasteiger partial charge is 0.306 e. The van der Waals surface area contributed by atoms with Crippen LogP contribution in [-0.2, 0) is 29.7 Å². The van der Waals surface area contributed by atoms with Crippen LogP contribution in [0.15, 0.2) is 54.6 Å². The van der Waals surface area contributed by atoms with Crippen LogP contribution < -0.4 is 4.74 Å². The number of nitrogens with zero attached hydrogens (tertiary/aromatic N) is 4. The maximum absolute atomic E-state index is 12.8. The molecule has 1 aliphatic rings. The van der Waals surface area contributed by atoms with Crippen LogP contribution in [0.2, 0.25) is 0 Å². The van der Waals surface area contributed by atoms with E-state index in [0.29, 0.717) is 6.61 Å². The lowest BCUT2D eigenvalue weighted by atomic mass is 9.84. The van der Waals surface area contributed by atoms with Gasteiger partial charge in [0.15, 0.2) is 0 Å². The number of aryl methyl sites for hydroxylation is 3. The summed E-state index contributed by atoms with van der Waals surface area (Å²) in [7, 11) is 1.89. The molecule has 1 aromatic heterocycles. The summed E-state index contributed by atoms with van der Waals surface area (Å²) in [4.78, 5) is 15.2. The number of benzene rings is 3. The molecule has 4 aromatic rings. The van der Waals surface area contributed by atoms with Crippen molar-refractivity contribution >= 4 is 17.0 Å². The van der Waals surface area contributed by atoms with E-state index in [1.165, 1.54) is 16.7 Å². The van der Waals surface area contributed by atoms with Crippen molar-refractivity contribution < 1.29 is 14.3 Å². The number of aromatic nitrogens is 3. The van der Waals surface area contributed by atoms with Gasteiger partial charge in [-0.3, -0.25) is 9.69 Å². The van der Waals surface area contributed by atoms with Gasteiger partial charge in [-0.25, -0.2) is 4.68 Å². The first-order valence-corrected chi connectivity index (χ1v) is 13.3. The maximum Gasteiger partial charge on any atom is 0.306 e. The van der Waals surface area contributed by atoms with Gasteiger partial charge < -0.3 is 9.47 Å². The van der Waals surface area contributed by atoms with Crippen molar-refractivity contribution in [2.24, 2.45) is 7.05 Å². The second-order valence-electron chi connectivity index (χ2n) is 10.3. The molecule has 1 aliphatic heterocycles. The summed E-state index contributed by atoms with van der Waals surface area (Å²) < 4.78 is 13.4. The van der Waals surface area contributed by atoms with Crippen molar-refractivity contribution in [1.29, 1.82) is 0 Å². The Morgan fingerprint density at radius 3 is 2.79 bits per heavy atom. The highest BCUT2D eigenvalue weighted by Gasteiger charge is 2.25. The van der Waals surface area contributed by atoms with E-state index in [1.54, 1.807) is 4.68 Å². The Morgan fingerprint density at radius 2 is 1.97 bits per heavy atom. The Morgan fingerprint density at radius 1 is 1.16 bits per heavy atom. The minimum absolute atomic E-state index is 0.0973. The molecule has 0 radical (unpaired) electrons. The molecule has 0 amide bonds. The lowest BCUT2D eigenvalue weighted by Crippen LogP contribution is -2.30. The number of hydrogen-bond acceptors (Lipinski definition) is 6. The van der Waals surface area contributed by atoms with Crippen LogP contribution in [0.25, 0.3) is 11.0 Å². The number of esters is 1. The Labute approximate surface area is 224 Å². The van der Waals surface area contributed by atoms with Crippen LogP contribution in [0.4, 0.5) is 0 Å². The third kappa shape index (κ3) is 5.29. The summed E-state index contributed by atoms with van der Waals surface area (Å²) in [6.45, 7) is 11.0. The molecule has 0 saturated heterocycles. The van der Waals surface area contributed by atoms with E-state index in [-0.39, 0.29) is 24.4 Å². The Balaban J connectivity index is 1.50. The minimum atomic E-state index is -0.201. The Bertz CT molecular complexity index is 1460. The molecule has 0 N–H and O–H groups in total. The van der Waals surface area contributed by atoms with Gasteiger partial charge in [-0.2, -0.15) is 0 Å². The molecule has 0 saturated carbocycles. The molecule has 3 aromatic carbocycles. The number of ether oxygens (including phenoxy) is 2. The average Bonchev–Trinajstić information content (AvgIpc) is 3.18. The standard InChI is InChI=1S/C31H36N4O3/c1-6-37-30(36)16-27(26-13-14-28-31(22(26)4)32-33-34(28)5)23-12-11-20(2)25(15-23)19-35-17-21(3)38-29-10-8-7-9-24(29)18-35/h7-15,21,27H,6,16-19H2,1-5H3. The van der Waals surface area contributed by atoms with Crippen molar-refractivity contribution in [3.05, 3.63) is 88.0 Å². The van der Waals surface area contributed by atoms with Gasteiger partial charge in [0, 0.05) is 38.2 Å². The summed E-state index contributed by atoms with van der Waals surface area (Å²) in [6, 6.07) is 19.0. The lowest BCUT2D eigenvalue weighted by molar-refractivity contribution is -0.143. The molecule has 0 aliphatic carbocycles. The molecule has 2 heterocycles. The van der Waals surface area contributed by atoms with E-state index in [1.807, 2.05) is 26.1 Å². The van der Waals surface area contributed by atoms with Crippen LogP contribution in [0, 0.1) is 13.8 Å². The molecule has 0 fully saturated rings. The topological polar surface area (TPSA) is 69.5 Å². The normalized spacial score (nSPS) is 16.5. The van der Waals surface area contributed by atoms with E-state index in [9.17, 15) is 4.79 Å². The van der Waals surface area contributed by atoms with Crippen LogP contribution in [0.1, 0.15) is 59.6 Å². The molecule has 198 valence electrons. The van der Waals surface area contributed by atoms with Crippen molar-refractivity contribution in [2.75, 3.05) is 13.2 Å². The largest absolute Gasteiger partial charge is 0.489 e. The summed E-state index contributed by atoms with van der Waals surface area (Å²) in [5, 5.41) is 8.59. The van der Waals surface area contributed by atoms with Crippen molar-refractivity contribution in [2.45, 2.75) is 59.2 Å². The Kier molecular flexibility index (Phi) is 7.47. The van der Waals surface area contributed by atoms with Crippen LogP contribution in [0.5, 0.6) is 5.75 Å². The van der Waals surface area contributed by atoms with Gasteiger partial charge in [0.1, 0.15) is 17.4 Å². The number of hydrogen-bond donors (Lipinski definition) is 0. The molecule has 38 heavy (non-hydrogen) atoms. The number of fused-ring (bicyclic) bond motifs is 2. The third-order valence-corrected chi connectivity index (χ3v) is 7.51. The molecule has 7 nitrogen and oxygen atoms in total. The van der Waals surface area contributed by atoms with E-state index >= 15 is 0 Å². The van der Waals surface area contributed by atoms with Gasteiger partial charge in [0.2, 0.25) is 0 Å². The predicted molar refractivity (Wildman–Crippen MR) is 148 cm³/mol. The molecule has 0 bridgehead atoms. The second kappa shape index (κ2) is 11.0. The highest BCUT2D eigenvalue weighted by Crippen LogP contribution is 2.35. The number of carbonyl (C=O) groups excluding carboxylic acids is 1. The summed E-state index contributed by atoms with van der Waals surface area (Å²) >= 11 is 0. The lowest BCUT2D eigenvalue weighted by Gasteiger charge is -2.25. The number of carbonyl (C=O) groups is 1. The van der Waals surface area contributed by atoms with Crippen LogP contribution >= 0.6 is 0 Å². The van der Waals surface area contributed by atoms with Gasteiger partial charge in [-0.1, -0.05) is 47.7 Å². The first kappa shape index (κ1) is 25.9. The molecule has 7 heteroatoms. The zero-order valence-electron chi connectivity index (χ0n) is 22.9. The molecular weight excluding hydrogens is 476 g/mol. The summed E-state index contributed by atoms with van der Waals surface area (Å²) in [5.74, 6) is 0.623. The summed E-state index contributed by atoms with van der Waals surface area (Å²) in [6.07, 6.45) is 0.366. The number of rotatable bonds is 7. The van der Waals surface area contributed by atoms with Crippen molar-refractivity contribution in [3.63, 3.8) is 0 Å². The molecule has 2 atom stereocenters. The molecule has 5 rings (SSSR count). The van der Waals surface area contributed by atoms with E-state index in [4.69, 9.17) is 9.47 Å². The summed E-state index contributed by atoms with van der Waals surface area (Å²) in [5.41, 5.74) is 8.75. The van der Waals surface area contributed by atoms with Gasteiger partial charge in [-0.15, -0.1) is 5.10 Å². The fourth-order valence-corrected chi connectivity index (χ4v) is 5.53. The monoisotopic (exact) mass is 512 g/mol. The maximum atomic E-state index is 12.8. The molecule has 2 unspecified atom stereocenters. The average molecular weight is 513 g/mol. The van der Waals surface area contributed by atoms with Gasteiger partial charge >= 0.3 is 5.97 Å². The van der Waals surface area contributed by atoms with Crippen LogP contribution in [0.3, 0.4) is 0 Å². The fourth-order valence-electron chi connectivity index (χ4n) is 5.53. The first-order chi connectivity index (χ1) is 18.3. The fraction of sp³-hybridized carbons (Fsp3) is 0.387. The highest BCUT2D eigenvalue weighted by atomic mass is 16.5.